The predicted molar refractivity (Wildman–Crippen MR) is 62.7 cm³/mol. The van der Waals surface area contributed by atoms with Crippen molar-refractivity contribution in [2.75, 3.05) is 7.05 Å². The van der Waals surface area contributed by atoms with Crippen LogP contribution in [0.15, 0.2) is 18.2 Å². The number of rotatable bonds is 3. The highest BCUT2D eigenvalue weighted by Gasteiger charge is 2.23. The maximum Gasteiger partial charge on any atom is 0.375 e. The maximum absolute atomic E-state index is 12.7. The monoisotopic (exact) mass is 285 g/mol. The van der Waals surface area contributed by atoms with Crippen LogP contribution in [0.5, 0.6) is 0 Å². The summed E-state index contributed by atoms with van der Waals surface area (Å²) in [7, 11) is -3.56. The number of nitrogens with zero attached hydrogens (tertiary/aromatic N) is 1. The van der Waals surface area contributed by atoms with E-state index in [0.717, 1.165) is 7.05 Å². The SMILES string of the molecule is CC(c1ccc(Cl)c(Cl)c1)N(C)S(=O)(=O)F. The number of halogens is 3. The highest BCUT2D eigenvalue weighted by atomic mass is 35.5. The van der Waals surface area contributed by atoms with Crippen LogP contribution in [0.3, 0.4) is 0 Å². The Morgan fingerprint density at radius 3 is 2.31 bits per heavy atom. The fourth-order valence-corrected chi connectivity index (χ4v) is 1.98. The van der Waals surface area contributed by atoms with E-state index in [1.165, 1.54) is 12.1 Å². The van der Waals surface area contributed by atoms with Crippen molar-refractivity contribution in [1.29, 1.82) is 0 Å². The van der Waals surface area contributed by atoms with Gasteiger partial charge in [-0.25, -0.2) is 0 Å². The molecule has 7 heteroatoms. The molecule has 0 bridgehead atoms. The standard InChI is InChI=1S/C9H10Cl2FNO2S/c1-6(13(2)16(12,14)15)7-3-4-8(10)9(11)5-7/h3-6H,1-2H3. The molecule has 1 aromatic carbocycles. The number of hydrogen-bond acceptors (Lipinski definition) is 2. The van der Waals surface area contributed by atoms with Gasteiger partial charge in [-0.2, -0.15) is 12.7 Å². The van der Waals surface area contributed by atoms with Gasteiger partial charge in [-0.05, 0) is 24.6 Å². The molecule has 1 atom stereocenters. The Hall–Kier alpha value is -0.360. The van der Waals surface area contributed by atoms with Gasteiger partial charge in [-0.3, -0.25) is 0 Å². The summed E-state index contributed by atoms with van der Waals surface area (Å²) in [5.41, 5.74) is 0.568. The van der Waals surface area contributed by atoms with Gasteiger partial charge in [-0.15, -0.1) is 0 Å². The normalized spacial score (nSPS) is 14.1. The van der Waals surface area contributed by atoms with Gasteiger partial charge < -0.3 is 0 Å². The lowest BCUT2D eigenvalue weighted by Crippen LogP contribution is -2.26. The molecule has 0 amide bonds. The molecule has 0 radical (unpaired) electrons. The average Bonchev–Trinajstić information content (AvgIpc) is 2.18. The molecule has 1 rings (SSSR count). The fraction of sp³-hybridized carbons (Fsp3) is 0.333. The van der Waals surface area contributed by atoms with Crippen molar-refractivity contribution in [3.8, 4) is 0 Å². The molecule has 0 heterocycles. The van der Waals surface area contributed by atoms with E-state index in [0.29, 0.717) is 19.9 Å². The van der Waals surface area contributed by atoms with Gasteiger partial charge in [0.25, 0.3) is 0 Å². The Labute approximate surface area is 104 Å². The summed E-state index contributed by atoms with van der Waals surface area (Å²) in [6, 6.07) is 4.00. The van der Waals surface area contributed by atoms with Crippen molar-refractivity contribution in [1.82, 2.24) is 4.31 Å². The molecule has 0 saturated heterocycles. The van der Waals surface area contributed by atoms with Crippen LogP contribution in [0.1, 0.15) is 18.5 Å². The van der Waals surface area contributed by atoms with Crippen molar-refractivity contribution in [2.45, 2.75) is 13.0 Å². The molecule has 0 fully saturated rings. The summed E-state index contributed by atoms with van der Waals surface area (Å²) in [5.74, 6) is 0. The van der Waals surface area contributed by atoms with E-state index in [1.807, 2.05) is 0 Å². The molecular formula is C9H10Cl2FNO2S. The van der Waals surface area contributed by atoms with Crippen molar-refractivity contribution in [2.24, 2.45) is 0 Å². The van der Waals surface area contributed by atoms with Gasteiger partial charge >= 0.3 is 10.4 Å². The van der Waals surface area contributed by atoms with E-state index in [2.05, 4.69) is 0 Å². The molecule has 0 aliphatic carbocycles. The second kappa shape index (κ2) is 4.87. The topological polar surface area (TPSA) is 37.4 Å². The molecule has 0 spiro atoms. The lowest BCUT2D eigenvalue weighted by atomic mass is 10.1. The summed E-state index contributed by atoms with van der Waals surface area (Å²) < 4.78 is 34.8. The van der Waals surface area contributed by atoms with Gasteiger partial charge in [0, 0.05) is 13.1 Å². The predicted octanol–water partition coefficient (Wildman–Crippen LogP) is 3.20. The first-order valence-electron chi connectivity index (χ1n) is 4.36. The van der Waals surface area contributed by atoms with Crippen LogP contribution in [0.4, 0.5) is 3.89 Å². The van der Waals surface area contributed by atoms with Crippen molar-refractivity contribution >= 4 is 33.6 Å². The van der Waals surface area contributed by atoms with Gasteiger partial charge in [0.1, 0.15) is 0 Å². The van der Waals surface area contributed by atoms with E-state index in [9.17, 15) is 12.3 Å². The Morgan fingerprint density at radius 2 is 1.88 bits per heavy atom. The van der Waals surface area contributed by atoms with Crippen molar-refractivity contribution in [3.05, 3.63) is 33.8 Å². The van der Waals surface area contributed by atoms with Crippen LogP contribution < -0.4 is 0 Å². The maximum atomic E-state index is 12.7. The Balaban J connectivity index is 3.06. The van der Waals surface area contributed by atoms with Crippen LogP contribution >= 0.6 is 23.2 Å². The summed E-state index contributed by atoms with van der Waals surface area (Å²) >= 11 is 11.5. The quantitative estimate of drug-likeness (QED) is 0.800. The smallest absolute Gasteiger partial charge is 0.177 e. The van der Waals surface area contributed by atoms with Crippen LogP contribution in [-0.4, -0.2) is 19.8 Å². The van der Waals surface area contributed by atoms with Crippen LogP contribution in [0, 0.1) is 0 Å². The van der Waals surface area contributed by atoms with Crippen molar-refractivity contribution in [3.63, 3.8) is 0 Å². The van der Waals surface area contributed by atoms with E-state index in [4.69, 9.17) is 23.2 Å². The average molecular weight is 286 g/mol. The van der Waals surface area contributed by atoms with Crippen LogP contribution in [0.2, 0.25) is 10.0 Å². The molecular weight excluding hydrogens is 276 g/mol. The third kappa shape index (κ3) is 3.07. The molecule has 1 unspecified atom stereocenters. The number of benzene rings is 1. The summed E-state index contributed by atoms with van der Waals surface area (Å²) in [6.45, 7) is 1.55. The zero-order valence-corrected chi connectivity index (χ0v) is 10.9. The number of hydrogen-bond donors (Lipinski definition) is 0. The van der Waals surface area contributed by atoms with Crippen molar-refractivity contribution < 1.29 is 12.3 Å². The van der Waals surface area contributed by atoms with E-state index < -0.39 is 16.5 Å². The minimum Gasteiger partial charge on any atom is -0.177 e. The zero-order chi connectivity index (χ0) is 12.5. The zero-order valence-electron chi connectivity index (χ0n) is 8.62. The van der Waals surface area contributed by atoms with E-state index >= 15 is 0 Å². The minimum atomic E-state index is -4.72. The highest BCUT2D eigenvalue weighted by Crippen LogP contribution is 2.28. The molecule has 0 aliphatic heterocycles. The van der Waals surface area contributed by atoms with Crippen LogP contribution in [0.25, 0.3) is 0 Å². The first-order valence-corrected chi connectivity index (χ1v) is 6.45. The Kier molecular flexibility index (Phi) is 4.17. The molecule has 90 valence electrons. The second-order valence-electron chi connectivity index (χ2n) is 3.31. The summed E-state index contributed by atoms with van der Waals surface area (Å²) in [6.07, 6.45) is 0. The Bertz CT molecular complexity index is 492. The molecule has 1 aromatic rings. The summed E-state index contributed by atoms with van der Waals surface area (Å²) in [5, 5.41) is 0.666. The third-order valence-corrected chi connectivity index (χ3v) is 4.06. The fourth-order valence-electron chi connectivity index (χ4n) is 1.17. The largest absolute Gasteiger partial charge is 0.375 e. The van der Waals surface area contributed by atoms with Crippen LogP contribution in [-0.2, 0) is 10.4 Å². The molecule has 3 nitrogen and oxygen atoms in total. The highest BCUT2D eigenvalue weighted by molar-refractivity contribution is 7.83. The minimum absolute atomic E-state index is 0.302. The first kappa shape index (κ1) is 13.7. The van der Waals surface area contributed by atoms with Gasteiger partial charge in [0.05, 0.1) is 10.0 Å². The molecule has 16 heavy (non-hydrogen) atoms. The first-order chi connectivity index (χ1) is 7.23. The van der Waals surface area contributed by atoms with Gasteiger partial charge in [-0.1, -0.05) is 33.2 Å². The molecule has 0 N–H and O–H groups in total. The van der Waals surface area contributed by atoms with Gasteiger partial charge in [0.15, 0.2) is 0 Å². The Morgan fingerprint density at radius 1 is 1.31 bits per heavy atom. The second-order valence-corrected chi connectivity index (χ2v) is 5.52. The van der Waals surface area contributed by atoms with E-state index in [-0.39, 0.29) is 0 Å². The van der Waals surface area contributed by atoms with E-state index in [1.54, 1.807) is 13.0 Å². The third-order valence-electron chi connectivity index (χ3n) is 2.32. The summed E-state index contributed by atoms with van der Waals surface area (Å²) in [4.78, 5) is 0. The molecule has 0 aliphatic rings. The lowest BCUT2D eigenvalue weighted by molar-refractivity contribution is 0.373. The lowest BCUT2D eigenvalue weighted by Gasteiger charge is -2.20. The molecule has 0 aromatic heterocycles. The molecule has 0 saturated carbocycles. The van der Waals surface area contributed by atoms with Gasteiger partial charge in [0.2, 0.25) is 0 Å².